The van der Waals surface area contributed by atoms with Crippen molar-refractivity contribution >= 4 is 11.3 Å². The van der Waals surface area contributed by atoms with E-state index in [1.165, 1.54) is 0 Å². The maximum Gasteiger partial charge on any atom is 0.125 e. The molecule has 17 heavy (non-hydrogen) atoms. The summed E-state index contributed by atoms with van der Waals surface area (Å²) in [6.45, 7) is 0. The lowest BCUT2D eigenvalue weighted by molar-refractivity contribution is 1.17. The van der Waals surface area contributed by atoms with Gasteiger partial charge in [-0.15, -0.1) is 11.3 Å². The molecule has 0 aliphatic carbocycles. The maximum absolute atomic E-state index is 4.37. The van der Waals surface area contributed by atoms with Gasteiger partial charge in [0, 0.05) is 35.7 Å². The topological polar surface area (TPSA) is 51.6 Å². The number of pyridine rings is 1. The molecular formula is C12H8N4S. The number of aromatic nitrogens is 4. The van der Waals surface area contributed by atoms with E-state index in [9.17, 15) is 0 Å². The van der Waals surface area contributed by atoms with E-state index in [-0.39, 0.29) is 0 Å². The molecule has 3 rings (SSSR count). The van der Waals surface area contributed by atoms with Gasteiger partial charge in [-0.25, -0.2) is 4.98 Å². The van der Waals surface area contributed by atoms with E-state index in [4.69, 9.17) is 0 Å². The lowest BCUT2D eigenvalue weighted by atomic mass is 10.1. The highest BCUT2D eigenvalue weighted by atomic mass is 32.1. The van der Waals surface area contributed by atoms with Crippen molar-refractivity contribution in [2.45, 2.75) is 0 Å². The molecule has 82 valence electrons. The SMILES string of the molecule is c1cnc(-c2cnccn2)c(-c2nccs2)c1. The van der Waals surface area contributed by atoms with Crippen LogP contribution in [0.4, 0.5) is 0 Å². The first-order chi connectivity index (χ1) is 8.45. The number of thiazole rings is 1. The fourth-order valence-electron chi connectivity index (χ4n) is 1.56. The molecule has 3 aromatic rings. The van der Waals surface area contributed by atoms with Gasteiger partial charge in [0.2, 0.25) is 0 Å². The highest BCUT2D eigenvalue weighted by Gasteiger charge is 2.10. The summed E-state index contributed by atoms with van der Waals surface area (Å²) in [5.41, 5.74) is 2.57. The molecular weight excluding hydrogens is 232 g/mol. The third-order valence-corrected chi connectivity index (χ3v) is 3.08. The van der Waals surface area contributed by atoms with Gasteiger partial charge >= 0.3 is 0 Å². The lowest BCUT2D eigenvalue weighted by Gasteiger charge is -2.04. The average Bonchev–Trinajstić information content (AvgIpc) is 2.94. The Balaban J connectivity index is 2.18. The Kier molecular flexibility index (Phi) is 2.59. The predicted molar refractivity (Wildman–Crippen MR) is 66.4 cm³/mol. The molecule has 0 aromatic carbocycles. The van der Waals surface area contributed by atoms with Crippen molar-refractivity contribution in [2.75, 3.05) is 0 Å². The Hall–Kier alpha value is -2.14. The van der Waals surface area contributed by atoms with Gasteiger partial charge in [-0.2, -0.15) is 0 Å². The van der Waals surface area contributed by atoms with Gasteiger partial charge in [-0.05, 0) is 12.1 Å². The highest BCUT2D eigenvalue weighted by molar-refractivity contribution is 7.13. The van der Waals surface area contributed by atoms with Crippen molar-refractivity contribution in [3.8, 4) is 22.0 Å². The molecule has 0 saturated heterocycles. The van der Waals surface area contributed by atoms with Crippen molar-refractivity contribution in [3.05, 3.63) is 48.5 Å². The Labute approximate surface area is 102 Å². The van der Waals surface area contributed by atoms with E-state index >= 15 is 0 Å². The Morgan fingerprint density at radius 2 is 1.94 bits per heavy atom. The fourth-order valence-corrected chi connectivity index (χ4v) is 2.22. The second-order valence-electron chi connectivity index (χ2n) is 3.33. The van der Waals surface area contributed by atoms with Crippen LogP contribution in [0.3, 0.4) is 0 Å². The highest BCUT2D eigenvalue weighted by Crippen LogP contribution is 2.29. The van der Waals surface area contributed by atoms with Crippen LogP contribution in [-0.4, -0.2) is 19.9 Å². The Bertz CT molecular complexity index is 607. The quantitative estimate of drug-likeness (QED) is 0.691. The number of hydrogen-bond donors (Lipinski definition) is 0. The van der Waals surface area contributed by atoms with Gasteiger partial charge in [-0.3, -0.25) is 15.0 Å². The predicted octanol–water partition coefficient (Wildman–Crippen LogP) is 2.66. The second kappa shape index (κ2) is 4.39. The standard InChI is InChI=1S/C12H8N4S/c1-2-9(12-16-6-7-17-12)11(15-3-1)10-8-13-4-5-14-10/h1-8H. The molecule has 0 N–H and O–H groups in total. The zero-order chi connectivity index (χ0) is 11.5. The van der Waals surface area contributed by atoms with E-state index in [0.29, 0.717) is 0 Å². The zero-order valence-electron chi connectivity index (χ0n) is 8.82. The van der Waals surface area contributed by atoms with Crippen molar-refractivity contribution in [1.82, 2.24) is 19.9 Å². The minimum Gasteiger partial charge on any atom is -0.261 e. The monoisotopic (exact) mass is 240 g/mol. The second-order valence-corrected chi connectivity index (χ2v) is 4.22. The van der Waals surface area contributed by atoms with E-state index in [1.54, 1.807) is 42.3 Å². The summed E-state index contributed by atoms with van der Waals surface area (Å²) in [5, 5.41) is 2.89. The summed E-state index contributed by atoms with van der Waals surface area (Å²) in [7, 11) is 0. The Morgan fingerprint density at radius 3 is 2.71 bits per heavy atom. The summed E-state index contributed by atoms with van der Waals surface area (Å²) in [6, 6.07) is 3.90. The minimum atomic E-state index is 0.762. The smallest absolute Gasteiger partial charge is 0.125 e. The molecule has 0 bridgehead atoms. The van der Waals surface area contributed by atoms with E-state index < -0.39 is 0 Å². The molecule has 0 amide bonds. The zero-order valence-corrected chi connectivity index (χ0v) is 9.63. The third-order valence-electron chi connectivity index (χ3n) is 2.28. The summed E-state index contributed by atoms with van der Waals surface area (Å²) in [6.07, 6.45) is 8.55. The summed E-state index contributed by atoms with van der Waals surface area (Å²) < 4.78 is 0. The maximum atomic E-state index is 4.37. The van der Waals surface area contributed by atoms with Crippen molar-refractivity contribution < 1.29 is 0 Å². The van der Waals surface area contributed by atoms with Crippen LogP contribution in [0.2, 0.25) is 0 Å². The largest absolute Gasteiger partial charge is 0.261 e. The first kappa shape index (κ1) is 10.0. The molecule has 0 aliphatic rings. The molecule has 0 fully saturated rings. The van der Waals surface area contributed by atoms with Crippen molar-refractivity contribution in [2.24, 2.45) is 0 Å². The average molecular weight is 240 g/mol. The first-order valence-electron chi connectivity index (χ1n) is 5.06. The van der Waals surface area contributed by atoms with Gasteiger partial charge in [0.25, 0.3) is 0 Å². The van der Waals surface area contributed by atoms with Crippen molar-refractivity contribution in [3.63, 3.8) is 0 Å². The van der Waals surface area contributed by atoms with Crippen LogP contribution in [0.1, 0.15) is 0 Å². The lowest BCUT2D eigenvalue weighted by Crippen LogP contribution is -1.91. The molecule has 0 radical (unpaired) electrons. The van der Waals surface area contributed by atoms with E-state index in [2.05, 4.69) is 19.9 Å². The van der Waals surface area contributed by atoms with Crippen LogP contribution >= 0.6 is 11.3 Å². The molecule has 5 heteroatoms. The molecule has 0 atom stereocenters. The molecule has 3 aromatic heterocycles. The van der Waals surface area contributed by atoms with Gasteiger partial charge < -0.3 is 0 Å². The van der Waals surface area contributed by atoms with Crippen LogP contribution in [0.15, 0.2) is 48.5 Å². The molecule has 3 heterocycles. The van der Waals surface area contributed by atoms with Crippen LogP contribution in [-0.2, 0) is 0 Å². The Morgan fingerprint density at radius 1 is 0.941 bits per heavy atom. The summed E-state index contributed by atoms with van der Waals surface area (Å²) in [4.78, 5) is 17.0. The van der Waals surface area contributed by atoms with Gasteiger partial charge in [-0.1, -0.05) is 0 Å². The fraction of sp³-hybridized carbons (Fsp3) is 0. The third kappa shape index (κ3) is 1.92. The molecule has 0 saturated carbocycles. The summed E-state index contributed by atoms with van der Waals surface area (Å²) >= 11 is 1.59. The minimum absolute atomic E-state index is 0.762. The summed E-state index contributed by atoms with van der Waals surface area (Å²) in [5.74, 6) is 0. The van der Waals surface area contributed by atoms with Crippen LogP contribution in [0, 0.1) is 0 Å². The van der Waals surface area contributed by atoms with Crippen LogP contribution < -0.4 is 0 Å². The van der Waals surface area contributed by atoms with E-state index in [1.807, 2.05) is 17.5 Å². The molecule has 0 aliphatic heterocycles. The van der Waals surface area contributed by atoms with Gasteiger partial charge in [0.15, 0.2) is 0 Å². The van der Waals surface area contributed by atoms with Crippen molar-refractivity contribution in [1.29, 1.82) is 0 Å². The normalized spacial score (nSPS) is 10.4. The van der Waals surface area contributed by atoms with Crippen LogP contribution in [0.25, 0.3) is 22.0 Å². The number of nitrogens with zero attached hydrogens (tertiary/aromatic N) is 4. The number of rotatable bonds is 2. The molecule has 0 spiro atoms. The van der Waals surface area contributed by atoms with E-state index in [0.717, 1.165) is 22.0 Å². The van der Waals surface area contributed by atoms with Gasteiger partial charge in [0.05, 0.1) is 6.20 Å². The molecule has 0 unspecified atom stereocenters. The van der Waals surface area contributed by atoms with Crippen LogP contribution in [0.5, 0.6) is 0 Å². The number of hydrogen-bond acceptors (Lipinski definition) is 5. The van der Waals surface area contributed by atoms with Gasteiger partial charge in [0.1, 0.15) is 16.4 Å². The molecule has 4 nitrogen and oxygen atoms in total. The first-order valence-corrected chi connectivity index (χ1v) is 5.94.